The van der Waals surface area contributed by atoms with Gasteiger partial charge in [0, 0.05) is 30.1 Å². The van der Waals surface area contributed by atoms with Gasteiger partial charge < -0.3 is 9.84 Å². The van der Waals surface area contributed by atoms with Crippen LogP contribution in [0.1, 0.15) is 36.3 Å². The van der Waals surface area contributed by atoms with E-state index in [4.69, 9.17) is 4.52 Å². The highest BCUT2D eigenvalue weighted by Gasteiger charge is 2.26. The predicted molar refractivity (Wildman–Crippen MR) is 110 cm³/mol. The maximum atomic E-state index is 12.8. The van der Waals surface area contributed by atoms with Crippen LogP contribution in [0.2, 0.25) is 0 Å². The summed E-state index contributed by atoms with van der Waals surface area (Å²) in [7, 11) is -3.52. The molecule has 0 radical (unpaired) electrons. The van der Waals surface area contributed by atoms with Crippen molar-refractivity contribution in [1.82, 2.24) is 9.46 Å². The van der Waals surface area contributed by atoms with Crippen molar-refractivity contribution >= 4 is 33.4 Å². The molecule has 1 aromatic heterocycles. The number of amides is 1. The standard InChI is InChI=1S/C19H25N3O4S2/c1-14-18(15(2)26-21-14)12-27-13-19(23)20-16-7-6-8-17(11-16)28(24,25)22-9-4-3-5-10-22/h6-8,11H,3-5,9-10,12-13H2,1-2H3,(H,20,23). The maximum Gasteiger partial charge on any atom is 0.243 e. The summed E-state index contributed by atoms with van der Waals surface area (Å²) in [6.07, 6.45) is 2.84. The molecule has 1 aliphatic heterocycles. The van der Waals surface area contributed by atoms with Crippen molar-refractivity contribution in [2.75, 3.05) is 24.2 Å². The zero-order valence-corrected chi connectivity index (χ0v) is 17.7. The minimum atomic E-state index is -3.52. The van der Waals surface area contributed by atoms with E-state index < -0.39 is 10.0 Å². The number of hydrogen-bond donors (Lipinski definition) is 1. The lowest BCUT2D eigenvalue weighted by Crippen LogP contribution is -2.35. The van der Waals surface area contributed by atoms with Crippen LogP contribution in [0, 0.1) is 13.8 Å². The van der Waals surface area contributed by atoms with Crippen LogP contribution in [-0.2, 0) is 20.6 Å². The van der Waals surface area contributed by atoms with Crippen LogP contribution in [0.5, 0.6) is 0 Å². The normalized spacial score (nSPS) is 15.5. The molecule has 2 heterocycles. The van der Waals surface area contributed by atoms with E-state index in [2.05, 4.69) is 10.5 Å². The third-order valence-electron chi connectivity index (χ3n) is 4.73. The molecule has 1 N–H and O–H groups in total. The number of aryl methyl sites for hydroxylation is 2. The summed E-state index contributed by atoms with van der Waals surface area (Å²) in [4.78, 5) is 12.5. The predicted octanol–water partition coefficient (Wildman–Crippen LogP) is 3.34. The van der Waals surface area contributed by atoms with Crippen molar-refractivity contribution in [2.24, 2.45) is 0 Å². The van der Waals surface area contributed by atoms with Crippen LogP contribution < -0.4 is 5.32 Å². The van der Waals surface area contributed by atoms with Gasteiger partial charge in [-0.3, -0.25) is 4.79 Å². The lowest BCUT2D eigenvalue weighted by molar-refractivity contribution is -0.113. The van der Waals surface area contributed by atoms with E-state index in [1.54, 1.807) is 18.2 Å². The molecule has 2 aromatic rings. The van der Waals surface area contributed by atoms with E-state index >= 15 is 0 Å². The third kappa shape index (κ3) is 4.95. The summed E-state index contributed by atoms with van der Waals surface area (Å²) in [5.41, 5.74) is 2.33. The van der Waals surface area contributed by atoms with E-state index in [9.17, 15) is 13.2 Å². The fraction of sp³-hybridized carbons (Fsp3) is 0.474. The Morgan fingerprint density at radius 3 is 2.68 bits per heavy atom. The summed E-state index contributed by atoms with van der Waals surface area (Å²) in [6.45, 7) is 4.83. The van der Waals surface area contributed by atoms with Crippen molar-refractivity contribution in [3.8, 4) is 0 Å². The number of anilines is 1. The number of rotatable bonds is 7. The van der Waals surface area contributed by atoms with Crippen molar-refractivity contribution in [3.05, 3.63) is 41.3 Å². The highest BCUT2D eigenvalue weighted by Crippen LogP contribution is 2.23. The van der Waals surface area contributed by atoms with Crippen molar-refractivity contribution in [1.29, 1.82) is 0 Å². The third-order valence-corrected chi connectivity index (χ3v) is 7.59. The average Bonchev–Trinajstić information content (AvgIpc) is 3.01. The molecule has 1 aromatic carbocycles. The first-order chi connectivity index (χ1) is 13.4. The Labute approximate surface area is 169 Å². The summed E-state index contributed by atoms with van der Waals surface area (Å²) >= 11 is 1.46. The van der Waals surface area contributed by atoms with E-state index in [1.807, 2.05) is 13.8 Å². The summed E-state index contributed by atoms with van der Waals surface area (Å²) < 4.78 is 32.2. The topological polar surface area (TPSA) is 92.5 Å². The van der Waals surface area contributed by atoms with Gasteiger partial charge in [0.25, 0.3) is 0 Å². The van der Waals surface area contributed by atoms with Gasteiger partial charge >= 0.3 is 0 Å². The second-order valence-electron chi connectivity index (χ2n) is 6.84. The van der Waals surface area contributed by atoms with Gasteiger partial charge in [0.15, 0.2) is 0 Å². The summed E-state index contributed by atoms with van der Waals surface area (Å²) in [5.74, 6) is 1.48. The number of carbonyl (C=O) groups excluding carboxylic acids is 1. The molecule has 0 saturated carbocycles. The smallest absolute Gasteiger partial charge is 0.243 e. The van der Waals surface area contributed by atoms with Gasteiger partial charge in [0.2, 0.25) is 15.9 Å². The van der Waals surface area contributed by atoms with Crippen LogP contribution in [0.3, 0.4) is 0 Å². The fourth-order valence-corrected chi connectivity index (χ4v) is 5.68. The van der Waals surface area contributed by atoms with E-state index in [0.717, 1.165) is 36.3 Å². The first kappa shape index (κ1) is 20.9. The number of aromatic nitrogens is 1. The van der Waals surface area contributed by atoms with Gasteiger partial charge in [-0.15, -0.1) is 11.8 Å². The molecule has 0 spiro atoms. The minimum absolute atomic E-state index is 0.177. The molecule has 0 bridgehead atoms. The zero-order valence-electron chi connectivity index (χ0n) is 16.1. The quantitative estimate of drug-likeness (QED) is 0.734. The summed E-state index contributed by atoms with van der Waals surface area (Å²) in [5, 5.41) is 6.69. The zero-order chi connectivity index (χ0) is 20.1. The molecular weight excluding hydrogens is 398 g/mol. The molecule has 1 fully saturated rings. The Kier molecular flexibility index (Phi) is 6.79. The second kappa shape index (κ2) is 9.11. The lowest BCUT2D eigenvalue weighted by Gasteiger charge is -2.26. The summed E-state index contributed by atoms with van der Waals surface area (Å²) in [6, 6.07) is 6.46. The van der Waals surface area contributed by atoms with Crippen LogP contribution >= 0.6 is 11.8 Å². The van der Waals surface area contributed by atoms with Crippen molar-refractivity contribution < 1.29 is 17.7 Å². The van der Waals surface area contributed by atoms with E-state index in [1.165, 1.54) is 22.1 Å². The number of nitrogens with zero attached hydrogens (tertiary/aromatic N) is 2. The highest BCUT2D eigenvalue weighted by molar-refractivity contribution is 7.99. The molecule has 0 aliphatic carbocycles. The molecule has 0 atom stereocenters. The largest absolute Gasteiger partial charge is 0.361 e. The molecule has 152 valence electrons. The van der Waals surface area contributed by atoms with E-state index in [0.29, 0.717) is 24.5 Å². The lowest BCUT2D eigenvalue weighted by atomic mass is 10.2. The molecule has 0 unspecified atom stereocenters. The van der Waals surface area contributed by atoms with Gasteiger partial charge in [0.1, 0.15) is 5.76 Å². The maximum absolute atomic E-state index is 12.8. The molecule has 7 nitrogen and oxygen atoms in total. The molecule has 3 rings (SSSR count). The van der Waals surface area contributed by atoms with Crippen molar-refractivity contribution in [2.45, 2.75) is 43.8 Å². The minimum Gasteiger partial charge on any atom is -0.361 e. The molecule has 1 amide bonds. The van der Waals surface area contributed by atoms with Gasteiger partial charge in [-0.25, -0.2) is 8.42 Å². The first-order valence-corrected chi connectivity index (χ1v) is 11.9. The number of carbonyl (C=O) groups is 1. The Morgan fingerprint density at radius 1 is 1.25 bits per heavy atom. The van der Waals surface area contributed by atoms with Crippen LogP contribution in [-0.4, -0.2) is 42.6 Å². The Balaban J connectivity index is 1.58. The second-order valence-corrected chi connectivity index (χ2v) is 9.76. The number of benzene rings is 1. The number of hydrogen-bond acceptors (Lipinski definition) is 6. The fourth-order valence-electron chi connectivity index (χ4n) is 3.14. The Morgan fingerprint density at radius 2 is 2.00 bits per heavy atom. The number of nitrogens with one attached hydrogen (secondary N) is 1. The number of thioether (sulfide) groups is 1. The highest BCUT2D eigenvalue weighted by atomic mass is 32.2. The molecule has 1 saturated heterocycles. The number of piperidine rings is 1. The Hall–Kier alpha value is -1.84. The van der Waals surface area contributed by atoms with Crippen LogP contribution in [0.15, 0.2) is 33.7 Å². The SMILES string of the molecule is Cc1noc(C)c1CSCC(=O)Nc1cccc(S(=O)(=O)N2CCCCC2)c1. The van der Waals surface area contributed by atoms with E-state index in [-0.39, 0.29) is 16.6 Å². The molecular formula is C19H25N3O4S2. The van der Waals surface area contributed by atoms with Gasteiger partial charge in [-0.1, -0.05) is 17.6 Å². The number of sulfonamides is 1. The Bertz CT molecular complexity index is 915. The van der Waals surface area contributed by atoms with Crippen LogP contribution in [0.25, 0.3) is 0 Å². The van der Waals surface area contributed by atoms with Gasteiger partial charge in [0.05, 0.1) is 16.3 Å². The monoisotopic (exact) mass is 423 g/mol. The molecule has 1 aliphatic rings. The van der Waals surface area contributed by atoms with Gasteiger partial charge in [-0.2, -0.15) is 4.31 Å². The molecule has 9 heteroatoms. The average molecular weight is 424 g/mol. The van der Waals surface area contributed by atoms with Gasteiger partial charge in [-0.05, 0) is 44.9 Å². The van der Waals surface area contributed by atoms with Crippen molar-refractivity contribution in [3.63, 3.8) is 0 Å². The molecule has 28 heavy (non-hydrogen) atoms. The first-order valence-electron chi connectivity index (χ1n) is 9.27. The van der Waals surface area contributed by atoms with Crippen LogP contribution in [0.4, 0.5) is 5.69 Å².